The molecule has 0 saturated carbocycles. The average Bonchev–Trinajstić information content (AvgIpc) is 2.76. The van der Waals surface area contributed by atoms with Gasteiger partial charge in [-0.25, -0.2) is 0 Å². The third kappa shape index (κ3) is 4.18. The molecule has 2 N–H and O–H groups in total. The molecule has 0 aliphatic carbocycles. The quantitative estimate of drug-likeness (QED) is 0.851. The van der Waals surface area contributed by atoms with E-state index in [1.165, 1.54) is 11.9 Å². The fourth-order valence-electron chi connectivity index (χ4n) is 2.33. The number of amides is 2. The average molecular weight is 357 g/mol. The molecule has 1 aliphatic rings. The maximum atomic E-state index is 12.1. The lowest BCUT2D eigenvalue weighted by Crippen LogP contribution is -2.35. The lowest BCUT2D eigenvalue weighted by atomic mass is 10.1. The monoisotopic (exact) mass is 356 g/mol. The zero-order valence-electron chi connectivity index (χ0n) is 12.9. The fraction of sp³-hybridized carbons (Fsp3) is 0.375. The number of halogens is 2. The number of carbonyl (C=O) groups excluding carboxylic acids is 2. The fourth-order valence-corrected chi connectivity index (χ4v) is 2.66. The SMILES string of the molecule is CC(CCc1ccc(Cl)c(Cl)c1)NC(=O)C1=C(O)C(=O)N(C)C1. The molecule has 0 saturated heterocycles. The van der Waals surface area contributed by atoms with Gasteiger partial charge in [-0.3, -0.25) is 9.59 Å². The number of likely N-dealkylation sites (N-methyl/N-ethyl adjacent to an activating group) is 1. The van der Waals surface area contributed by atoms with Gasteiger partial charge in [0.1, 0.15) is 0 Å². The van der Waals surface area contributed by atoms with Gasteiger partial charge in [-0.05, 0) is 37.5 Å². The van der Waals surface area contributed by atoms with Crippen LogP contribution in [-0.4, -0.2) is 41.5 Å². The maximum absolute atomic E-state index is 12.1. The predicted molar refractivity (Wildman–Crippen MR) is 89.7 cm³/mol. The van der Waals surface area contributed by atoms with Crippen LogP contribution in [0.2, 0.25) is 10.0 Å². The van der Waals surface area contributed by atoms with Gasteiger partial charge >= 0.3 is 0 Å². The molecule has 1 aliphatic heterocycles. The zero-order chi connectivity index (χ0) is 17.1. The van der Waals surface area contributed by atoms with E-state index in [4.69, 9.17) is 23.2 Å². The molecule has 1 aromatic carbocycles. The van der Waals surface area contributed by atoms with Crippen molar-refractivity contribution in [1.29, 1.82) is 0 Å². The Hall–Kier alpha value is -1.72. The van der Waals surface area contributed by atoms with Crippen LogP contribution < -0.4 is 5.32 Å². The number of hydrogen-bond donors (Lipinski definition) is 2. The number of benzene rings is 1. The second-order valence-corrected chi connectivity index (χ2v) is 6.46. The molecule has 1 heterocycles. The number of nitrogens with zero attached hydrogens (tertiary/aromatic N) is 1. The summed E-state index contributed by atoms with van der Waals surface area (Å²) in [6.07, 6.45) is 1.42. The topological polar surface area (TPSA) is 69.6 Å². The molecule has 2 amide bonds. The van der Waals surface area contributed by atoms with Crippen molar-refractivity contribution in [2.45, 2.75) is 25.8 Å². The van der Waals surface area contributed by atoms with E-state index in [1.807, 2.05) is 13.0 Å². The molecule has 1 atom stereocenters. The molecule has 2 rings (SSSR count). The van der Waals surface area contributed by atoms with Crippen molar-refractivity contribution in [3.63, 3.8) is 0 Å². The van der Waals surface area contributed by atoms with Gasteiger partial charge < -0.3 is 15.3 Å². The number of aryl methyl sites for hydroxylation is 1. The summed E-state index contributed by atoms with van der Waals surface area (Å²) in [5.74, 6) is -1.41. The molecule has 5 nitrogen and oxygen atoms in total. The van der Waals surface area contributed by atoms with Crippen molar-refractivity contribution in [3.05, 3.63) is 45.1 Å². The van der Waals surface area contributed by atoms with Gasteiger partial charge in [-0.15, -0.1) is 0 Å². The molecule has 124 valence electrons. The number of nitrogens with one attached hydrogen (secondary N) is 1. The highest BCUT2D eigenvalue weighted by molar-refractivity contribution is 6.42. The Kier molecular flexibility index (Phi) is 5.55. The minimum absolute atomic E-state index is 0.110. The van der Waals surface area contributed by atoms with Crippen LogP contribution in [0.1, 0.15) is 18.9 Å². The lowest BCUT2D eigenvalue weighted by Gasteiger charge is -2.15. The van der Waals surface area contributed by atoms with Crippen LogP contribution in [0.3, 0.4) is 0 Å². The van der Waals surface area contributed by atoms with E-state index < -0.39 is 17.6 Å². The standard InChI is InChI=1S/C16H18Cl2N2O3/c1-9(3-4-10-5-6-12(17)13(18)7-10)19-15(22)11-8-20(2)16(23)14(11)21/h5-7,9,21H,3-4,8H2,1-2H3,(H,19,22). The van der Waals surface area contributed by atoms with Crippen LogP contribution in [0, 0.1) is 0 Å². The van der Waals surface area contributed by atoms with Crippen molar-refractivity contribution in [3.8, 4) is 0 Å². The molecule has 0 radical (unpaired) electrons. The Morgan fingerprint density at radius 2 is 2.09 bits per heavy atom. The Bertz CT molecular complexity index is 673. The Balaban J connectivity index is 1.89. The highest BCUT2D eigenvalue weighted by Crippen LogP contribution is 2.23. The van der Waals surface area contributed by atoms with Crippen molar-refractivity contribution in [1.82, 2.24) is 10.2 Å². The van der Waals surface area contributed by atoms with E-state index in [0.29, 0.717) is 16.5 Å². The van der Waals surface area contributed by atoms with Crippen molar-refractivity contribution in [2.75, 3.05) is 13.6 Å². The van der Waals surface area contributed by atoms with Crippen LogP contribution in [0.25, 0.3) is 0 Å². The van der Waals surface area contributed by atoms with Crippen molar-refractivity contribution in [2.24, 2.45) is 0 Å². The van der Waals surface area contributed by atoms with Gasteiger partial charge in [0.2, 0.25) is 0 Å². The first-order chi connectivity index (χ1) is 10.8. The number of aliphatic hydroxyl groups excluding tert-OH is 1. The van der Waals surface area contributed by atoms with E-state index in [1.54, 1.807) is 12.1 Å². The minimum Gasteiger partial charge on any atom is -0.503 e. The van der Waals surface area contributed by atoms with Gasteiger partial charge in [-0.2, -0.15) is 0 Å². The molecule has 0 aromatic heterocycles. The van der Waals surface area contributed by atoms with Gasteiger partial charge in [0, 0.05) is 13.1 Å². The molecule has 1 unspecified atom stereocenters. The summed E-state index contributed by atoms with van der Waals surface area (Å²) in [4.78, 5) is 24.9. The van der Waals surface area contributed by atoms with Gasteiger partial charge in [-0.1, -0.05) is 29.3 Å². The van der Waals surface area contributed by atoms with Crippen LogP contribution in [0.15, 0.2) is 29.5 Å². The third-order valence-electron chi connectivity index (χ3n) is 3.73. The smallest absolute Gasteiger partial charge is 0.289 e. The number of rotatable bonds is 5. The Morgan fingerprint density at radius 3 is 2.65 bits per heavy atom. The normalized spacial score (nSPS) is 16.0. The Labute approximate surface area is 144 Å². The molecule has 0 fully saturated rings. The second-order valence-electron chi connectivity index (χ2n) is 5.65. The van der Waals surface area contributed by atoms with Gasteiger partial charge in [0.05, 0.1) is 22.2 Å². The van der Waals surface area contributed by atoms with E-state index in [9.17, 15) is 14.7 Å². The highest BCUT2D eigenvalue weighted by atomic mass is 35.5. The van der Waals surface area contributed by atoms with Gasteiger partial charge in [0.15, 0.2) is 5.76 Å². The summed E-state index contributed by atoms with van der Waals surface area (Å²) < 4.78 is 0. The highest BCUT2D eigenvalue weighted by Gasteiger charge is 2.31. The summed E-state index contributed by atoms with van der Waals surface area (Å²) in [5, 5.41) is 13.5. The summed E-state index contributed by atoms with van der Waals surface area (Å²) >= 11 is 11.8. The van der Waals surface area contributed by atoms with Crippen LogP contribution >= 0.6 is 23.2 Å². The number of aliphatic hydroxyl groups is 1. The maximum Gasteiger partial charge on any atom is 0.289 e. The van der Waals surface area contributed by atoms with Crippen molar-refractivity contribution >= 4 is 35.0 Å². The molecular weight excluding hydrogens is 339 g/mol. The van der Waals surface area contributed by atoms with Crippen LogP contribution in [0.4, 0.5) is 0 Å². The van der Waals surface area contributed by atoms with E-state index in [-0.39, 0.29) is 18.2 Å². The number of hydrogen-bond acceptors (Lipinski definition) is 3. The first kappa shape index (κ1) is 17.6. The second kappa shape index (κ2) is 7.23. The van der Waals surface area contributed by atoms with Crippen LogP contribution in [-0.2, 0) is 16.0 Å². The van der Waals surface area contributed by atoms with E-state index >= 15 is 0 Å². The molecule has 23 heavy (non-hydrogen) atoms. The first-order valence-electron chi connectivity index (χ1n) is 7.22. The summed E-state index contributed by atoms with van der Waals surface area (Å²) in [6.45, 7) is 1.99. The molecule has 0 bridgehead atoms. The molecular formula is C16H18Cl2N2O3. The molecule has 1 aromatic rings. The van der Waals surface area contributed by atoms with Gasteiger partial charge in [0.25, 0.3) is 11.8 Å². The van der Waals surface area contributed by atoms with E-state index in [2.05, 4.69) is 5.32 Å². The van der Waals surface area contributed by atoms with Crippen LogP contribution in [0.5, 0.6) is 0 Å². The lowest BCUT2D eigenvalue weighted by molar-refractivity contribution is -0.126. The minimum atomic E-state index is -0.529. The number of carbonyl (C=O) groups is 2. The summed E-state index contributed by atoms with van der Waals surface area (Å²) in [7, 11) is 1.53. The predicted octanol–water partition coefficient (Wildman–Crippen LogP) is 2.71. The van der Waals surface area contributed by atoms with E-state index in [0.717, 1.165) is 12.0 Å². The third-order valence-corrected chi connectivity index (χ3v) is 4.47. The molecule has 7 heteroatoms. The summed E-state index contributed by atoms with van der Waals surface area (Å²) in [5.41, 5.74) is 1.14. The Morgan fingerprint density at radius 1 is 1.39 bits per heavy atom. The largest absolute Gasteiger partial charge is 0.503 e. The first-order valence-corrected chi connectivity index (χ1v) is 7.97. The molecule has 0 spiro atoms. The van der Waals surface area contributed by atoms with Crippen molar-refractivity contribution < 1.29 is 14.7 Å². The summed E-state index contributed by atoms with van der Waals surface area (Å²) in [6, 6.07) is 5.32. The zero-order valence-corrected chi connectivity index (χ0v) is 14.4.